The quantitative estimate of drug-likeness (QED) is 0.151. The maximum Gasteiger partial charge on any atom is 0.0759 e. The van der Waals surface area contributed by atoms with Crippen molar-refractivity contribution in [3.05, 3.63) is 254 Å². The fraction of sp³-hybridized carbons (Fsp3) is 0.299. The summed E-state index contributed by atoms with van der Waals surface area (Å²) >= 11 is 0. The van der Waals surface area contributed by atoms with Gasteiger partial charge in [-0.2, -0.15) is 0 Å². The van der Waals surface area contributed by atoms with Crippen LogP contribution in [0.5, 0.6) is 0 Å². The van der Waals surface area contributed by atoms with Crippen molar-refractivity contribution in [3.63, 3.8) is 0 Å². The maximum absolute atomic E-state index is 4.75. The SMILES string of the molecule is Cc1cc(C)c2c(c1)-c1cc(C)c(C)nc1C2.Cc1cc2c(cc1C)-c1cc(C)c(C)nc1C2.Cc1cc2c(nc1C)-c1cccnc1C2.Cc1cc2c(nc1C)Cc1c(C)ccc(C)c1-2.Cc1cc2c(nc1C)Cc1c-2ccc(C)c1C. The molecule has 83 heavy (non-hydrogen) atoms. The number of aromatic nitrogens is 6. The molecule has 0 saturated carbocycles. The third kappa shape index (κ3) is 10.7. The molecule has 6 heterocycles. The zero-order valence-electron chi connectivity index (χ0n) is 52.5. The van der Waals surface area contributed by atoms with Crippen molar-refractivity contribution in [3.8, 4) is 55.8 Å². The van der Waals surface area contributed by atoms with Gasteiger partial charge in [-0.05, 0) is 278 Å². The molecule has 0 radical (unpaired) electrons. The van der Waals surface area contributed by atoms with Crippen LogP contribution in [0.2, 0.25) is 0 Å². The summed E-state index contributed by atoms with van der Waals surface area (Å²) in [4.78, 5) is 28.0. The Labute approximate surface area is 494 Å². The molecule has 418 valence electrons. The molecule has 0 fully saturated rings. The smallest absolute Gasteiger partial charge is 0.0759 e. The number of hydrogen-bond donors (Lipinski definition) is 0. The van der Waals surface area contributed by atoms with E-state index in [1.54, 1.807) is 0 Å². The highest BCUT2D eigenvalue weighted by atomic mass is 14.8. The molecule has 5 aliphatic carbocycles. The summed E-state index contributed by atoms with van der Waals surface area (Å²) in [5.41, 5.74) is 49.8. The van der Waals surface area contributed by atoms with Crippen LogP contribution >= 0.6 is 0 Å². The highest BCUT2D eigenvalue weighted by Crippen LogP contribution is 2.43. The third-order valence-electron chi connectivity index (χ3n) is 18.7. The van der Waals surface area contributed by atoms with E-state index in [0.29, 0.717) is 0 Å². The predicted octanol–water partition coefficient (Wildman–Crippen LogP) is 18.2. The van der Waals surface area contributed by atoms with Gasteiger partial charge >= 0.3 is 0 Å². The van der Waals surface area contributed by atoms with E-state index in [4.69, 9.17) is 19.9 Å². The largest absolute Gasteiger partial charge is 0.260 e. The lowest BCUT2D eigenvalue weighted by atomic mass is 9.97. The Morgan fingerprint density at radius 1 is 0.277 bits per heavy atom. The molecule has 0 spiro atoms. The van der Waals surface area contributed by atoms with Gasteiger partial charge in [0, 0.05) is 94.6 Å². The molecule has 0 unspecified atom stereocenters. The Hall–Kier alpha value is -8.22. The van der Waals surface area contributed by atoms with E-state index in [0.717, 1.165) is 72.0 Å². The van der Waals surface area contributed by atoms with E-state index in [2.05, 4.69) is 220 Å². The summed E-state index contributed by atoms with van der Waals surface area (Å²) in [6.07, 6.45) is 6.77. The average Bonchev–Trinajstić information content (AvgIpc) is 4.45. The zero-order chi connectivity index (χ0) is 59.0. The van der Waals surface area contributed by atoms with Crippen molar-refractivity contribution < 1.29 is 0 Å². The number of rotatable bonds is 0. The lowest BCUT2D eigenvalue weighted by molar-refractivity contribution is 1.04. The molecule has 0 bridgehead atoms. The molecule has 0 aliphatic heterocycles. The van der Waals surface area contributed by atoms with Crippen molar-refractivity contribution in [1.82, 2.24) is 29.9 Å². The Kier molecular flexibility index (Phi) is 15.1. The minimum Gasteiger partial charge on any atom is -0.260 e. The van der Waals surface area contributed by atoms with E-state index in [1.807, 2.05) is 12.3 Å². The standard InChI is InChI=1S/4C16H17N.C13H12N2/c1-9-5-13-8-16-15(14(13)6-10(9)2)7-11(3)12(4)17-16;1-9-5-11(3)13-8-16-15(14(13)6-9)7-10(2)12(4)17-16;1-9-5-6-13-14(11(9)3)8-16-15(13)7-10(2)12(4)17-16;1-9-5-6-10(2)16-13(9)8-15-14(16)7-11(3)12(4)17-15;1-8-6-10-7-12-11(4-3-5-14-12)13(10)15-9(8)2/h4*5-7H,8H2,1-4H3;3-6H,7H2,1-2H3. The van der Waals surface area contributed by atoms with Gasteiger partial charge < -0.3 is 0 Å². The van der Waals surface area contributed by atoms with E-state index in [-0.39, 0.29) is 0 Å². The van der Waals surface area contributed by atoms with Crippen LogP contribution in [-0.4, -0.2) is 29.9 Å². The maximum atomic E-state index is 4.75. The van der Waals surface area contributed by atoms with Gasteiger partial charge in [-0.25, -0.2) is 0 Å². The summed E-state index contributed by atoms with van der Waals surface area (Å²) in [5.74, 6) is 0. The summed E-state index contributed by atoms with van der Waals surface area (Å²) in [5, 5.41) is 0. The van der Waals surface area contributed by atoms with Gasteiger partial charge in [-0.15, -0.1) is 0 Å². The molecule has 15 rings (SSSR count). The number of pyridine rings is 6. The fourth-order valence-electron chi connectivity index (χ4n) is 12.8. The first-order chi connectivity index (χ1) is 39.5. The molecule has 0 atom stereocenters. The van der Waals surface area contributed by atoms with Gasteiger partial charge in [0.1, 0.15) is 0 Å². The summed E-state index contributed by atoms with van der Waals surface area (Å²) < 4.78 is 0. The Bertz CT molecular complexity index is 4250. The predicted molar refractivity (Wildman–Crippen MR) is 345 cm³/mol. The van der Waals surface area contributed by atoms with Gasteiger partial charge in [0.15, 0.2) is 0 Å². The van der Waals surface area contributed by atoms with E-state index < -0.39 is 0 Å². The van der Waals surface area contributed by atoms with Gasteiger partial charge in [0.25, 0.3) is 0 Å². The second kappa shape index (κ2) is 22.2. The second-order valence-electron chi connectivity index (χ2n) is 24.6. The van der Waals surface area contributed by atoms with Gasteiger partial charge in [0.05, 0.1) is 34.2 Å². The number of aryl methyl sites for hydroxylation is 17. The van der Waals surface area contributed by atoms with Crippen molar-refractivity contribution in [2.24, 2.45) is 0 Å². The zero-order valence-corrected chi connectivity index (χ0v) is 52.5. The number of benzene rings is 4. The summed E-state index contributed by atoms with van der Waals surface area (Å²) in [7, 11) is 0. The second-order valence-corrected chi connectivity index (χ2v) is 24.6. The van der Waals surface area contributed by atoms with Crippen LogP contribution in [0.25, 0.3) is 55.8 Å². The molecule has 4 aromatic carbocycles. The van der Waals surface area contributed by atoms with Crippen molar-refractivity contribution in [2.75, 3.05) is 0 Å². The first-order valence-corrected chi connectivity index (χ1v) is 29.7. The minimum absolute atomic E-state index is 0.930. The van der Waals surface area contributed by atoms with Crippen LogP contribution in [0, 0.1) is 125 Å². The topological polar surface area (TPSA) is 77.3 Å². The lowest BCUT2D eigenvalue weighted by Crippen LogP contribution is -1.93. The van der Waals surface area contributed by atoms with Crippen molar-refractivity contribution >= 4 is 0 Å². The molecule has 6 nitrogen and oxygen atoms in total. The molecule has 6 heteroatoms. The summed E-state index contributed by atoms with van der Waals surface area (Å²) in [6.45, 7) is 38.7. The highest BCUT2D eigenvalue weighted by molar-refractivity contribution is 5.82. The van der Waals surface area contributed by atoms with Gasteiger partial charge in [-0.1, -0.05) is 60.2 Å². The van der Waals surface area contributed by atoms with Crippen LogP contribution in [0.1, 0.15) is 157 Å². The third-order valence-corrected chi connectivity index (χ3v) is 18.7. The molecule has 6 aromatic heterocycles. The number of fused-ring (bicyclic) bond motifs is 15. The first-order valence-electron chi connectivity index (χ1n) is 29.7. The molecule has 0 amide bonds. The molecular weight excluding hydrogens is 1010 g/mol. The number of hydrogen-bond acceptors (Lipinski definition) is 6. The van der Waals surface area contributed by atoms with Crippen molar-refractivity contribution in [2.45, 2.75) is 157 Å². The van der Waals surface area contributed by atoms with Crippen LogP contribution in [0.3, 0.4) is 0 Å². The lowest BCUT2D eigenvalue weighted by Gasteiger charge is -2.08. The number of nitrogens with zero attached hydrogens (tertiary/aromatic N) is 6. The van der Waals surface area contributed by atoms with Crippen LogP contribution in [0.15, 0.2) is 97.2 Å². The van der Waals surface area contributed by atoms with Gasteiger partial charge in [0.2, 0.25) is 0 Å². The summed E-state index contributed by atoms with van der Waals surface area (Å²) in [6, 6.07) is 33.6. The van der Waals surface area contributed by atoms with Crippen molar-refractivity contribution in [1.29, 1.82) is 0 Å². The minimum atomic E-state index is 0.930. The average molecular weight is 1090 g/mol. The molecule has 0 N–H and O–H groups in total. The normalized spacial score (nSPS) is 12.5. The fourth-order valence-corrected chi connectivity index (χ4v) is 12.8. The molecule has 5 aliphatic rings. The van der Waals surface area contributed by atoms with E-state index >= 15 is 0 Å². The van der Waals surface area contributed by atoms with E-state index in [1.165, 1.54) is 173 Å². The Morgan fingerprint density at radius 3 is 1.37 bits per heavy atom. The Balaban J connectivity index is 0.000000109. The molecule has 0 saturated heterocycles. The van der Waals surface area contributed by atoms with Gasteiger partial charge in [-0.3, -0.25) is 29.9 Å². The molecular formula is C77H80N6. The Morgan fingerprint density at radius 2 is 0.735 bits per heavy atom. The van der Waals surface area contributed by atoms with E-state index in [9.17, 15) is 0 Å². The first kappa shape index (κ1) is 56.6. The highest BCUT2D eigenvalue weighted by Gasteiger charge is 2.27. The molecule has 10 aromatic rings. The van der Waals surface area contributed by atoms with Crippen LogP contribution in [0.4, 0.5) is 0 Å². The monoisotopic (exact) mass is 1090 g/mol. The van der Waals surface area contributed by atoms with Crippen LogP contribution < -0.4 is 0 Å². The van der Waals surface area contributed by atoms with Crippen LogP contribution in [-0.2, 0) is 32.1 Å².